The number of thioether (sulfide) groups is 1. The first-order valence-corrected chi connectivity index (χ1v) is 8.61. The largest absolute Gasteiger partial charge is 0.573 e. The molecule has 2 aromatic carbocycles. The van der Waals surface area contributed by atoms with Crippen molar-refractivity contribution in [2.45, 2.75) is 11.9 Å². The Morgan fingerprint density at radius 1 is 1.04 bits per heavy atom. The summed E-state index contributed by atoms with van der Waals surface area (Å²) < 4.78 is 42.0. The second-order valence-corrected chi connectivity index (χ2v) is 7.60. The maximum Gasteiger partial charge on any atom is 0.573 e. The lowest BCUT2D eigenvalue weighted by Gasteiger charge is -2.30. The van der Waals surface area contributed by atoms with Gasteiger partial charge in [0.15, 0.2) is 0 Å². The molecule has 3 nitrogen and oxygen atoms in total. The van der Waals surface area contributed by atoms with Crippen LogP contribution >= 0.6 is 36.2 Å². The molecule has 1 unspecified atom stereocenters. The molecule has 0 bridgehead atoms. The van der Waals surface area contributed by atoms with E-state index in [0.29, 0.717) is 19.8 Å². The van der Waals surface area contributed by atoms with E-state index in [1.165, 1.54) is 36.0 Å². The van der Waals surface area contributed by atoms with Gasteiger partial charge in [0.25, 0.3) is 0 Å². The van der Waals surface area contributed by atoms with Crippen LogP contribution in [0.4, 0.5) is 18.9 Å². The number of hydrogen-bond donors (Lipinski definition) is 2. The van der Waals surface area contributed by atoms with Crippen LogP contribution in [0, 0.1) is 0 Å². The van der Waals surface area contributed by atoms with Crippen molar-refractivity contribution >= 4 is 50.4 Å². The monoisotopic (exact) mass is 400 g/mol. The summed E-state index contributed by atoms with van der Waals surface area (Å²) in [4.78, 5) is 0. The Labute approximate surface area is 156 Å². The number of alkyl halides is 3. The maximum atomic E-state index is 12.4. The van der Waals surface area contributed by atoms with Crippen molar-refractivity contribution in [1.82, 2.24) is 5.32 Å². The number of ether oxygens (including phenoxy) is 1. The molecule has 1 heterocycles. The first kappa shape index (κ1) is 18.0. The molecule has 3 rings (SSSR count). The number of rotatable bonds is 3. The van der Waals surface area contributed by atoms with E-state index >= 15 is 0 Å². The van der Waals surface area contributed by atoms with Crippen molar-refractivity contribution < 1.29 is 17.9 Å². The van der Waals surface area contributed by atoms with Crippen molar-refractivity contribution in [3.05, 3.63) is 59.7 Å². The molecule has 1 aliphatic heterocycles. The average molecular weight is 400 g/mol. The van der Waals surface area contributed by atoms with Crippen molar-refractivity contribution in [3.63, 3.8) is 0 Å². The number of benzene rings is 2. The number of nitrogens with one attached hydrogen (secondary N) is 1. The highest BCUT2D eigenvalue weighted by Gasteiger charge is 2.45. The minimum absolute atomic E-state index is 0.307. The number of hydrogen-bond acceptors (Lipinski definition) is 5. The van der Waals surface area contributed by atoms with Gasteiger partial charge in [-0.15, -0.1) is 13.2 Å². The Morgan fingerprint density at radius 3 is 2.24 bits per heavy atom. The van der Waals surface area contributed by atoms with Crippen molar-refractivity contribution in [3.8, 4) is 5.75 Å². The summed E-state index contributed by atoms with van der Waals surface area (Å²) in [6.45, 7) is 0. The van der Waals surface area contributed by atoms with E-state index in [1.807, 2.05) is 6.07 Å². The molecule has 0 amide bonds. The normalized spacial score (nSPS) is 20.4. The van der Waals surface area contributed by atoms with E-state index in [1.54, 1.807) is 18.2 Å². The highest BCUT2D eigenvalue weighted by molar-refractivity contribution is 8.38. The fourth-order valence-electron chi connectivity index (χ4n) is 2.62. The van der Waals surface area contributed by atoms with Gasteiger partial charge in [-0.25, -0.2) is 0 Å². The van der Waals surface area contributed by atoms with E-state index in [9.17, 15) is 13.2 Å². The third-order valence-corrected chi connectivity index (χ3v) is 5.31. The molecule has 3 N–H and O–H groups in total. The quantitative estimate of drug-likeness (QED) is 0.590. The first-order chi connectivity index (χ1) is 11.7. The molecule has 0 aliphatic carbocycles. The van der Waals surface area contributed by atoms with Crippen LogP contribution in [0.2, 0.25) is 0 Å². The average Bonchev–Trinajstić information content (AvgIpc) is 2.82. The zero-order valence-electron chi connectivity index (χ0n) is 12.5. The Hall–Kier alpha value is -1.84. The van der Waals surface area contributed by atoms with Crippen LogP contribution in [0.25, 0.3) is 0 Å². The van der Waals surface area contributed by atoms with Gasteiger partial charge in [0, 0.05) is 5.69 Å². The molecule has 1 fully saturated rings. The number of thiocarbonyl (C=S) groups is 2. The molecule has 1 aliphatic rings. The molecule has 2 aromatic rings. The van der Waals surface area contributed by atoms with Crippen molar-refractivity contribution in [2.75, 3.05) is 5.73 Å². The smallest absolute Gasteiger partial charge is 0.406 e. The fourth-order valence-corrected chi connectivity index (χ4v) is 4.53. The van der Waals surface area contributed by atoms with Gasteiger partial charge in [-0.2, -0.15) is 0 Å². The van der Waals surface area contributed by atoms with Crippen LogP contribution < -0.4 is 15.8 Å². The minimum atomic E-state index is -4.74. The maximum absolute atomic E-state index is 12.4. The number of anilines is 1. The highest BCUT2D eigenvalue weighted by Crippen LogP contribution is 2.42. The molecule has 1 saturated heterocycles. The standard InChI is InChI=1S/C16H11F3N2OS3/c17-16(18,19)22-12-6-4-9(5-7-12)15(13(23)25-14(24)21-15)10-2-1-3-11(20)8-10/h1-8H,20H2,(H,21,24). The molecule has 0 radical (unpaired) electrons. The molecular formula is C16H11F3N2OS3. The van der Waals surface area contributed by atoms with E-state index < -0.39 is 11.9 Å². The molecular weight excluding hydrogens is 389 g/mol. The summed E-state index contributed by atoms with van der Waals surface area (Å²) in [7, 11) is 0. The zero-order valence-corrected chi connectivity index (χ0v) is 14.9. The second-order valence-electron chi connectivity index (χ2n) is 5.25. The zero-order chi connectivity index (χ0) is 18.2. The van der Waals surface area contributed by atoms with E-state index in [2.05, 4.69) is 10.1 Å². The highest BCUT2D eigenvalue weighted by atomic mass is 32.2. The molecule has 25 heavy (non-hydrogen) atoms. The number of nitrogens with two attached hydrogens (primary N) is 1. The van der Waals surface area contributed by atoms with Crippen LogP contribution in [0.3, 0.4) is 0 Å². The van der Waals surface area contributed by atoms with Crippen LogP contribution in [-0.2, 0) is 5.54 Å². The van der Waals surface area contributed by atoms with Crippen LogP contribution in [0.15, 0.2) is 48.5 Å². The third-order valence-electron chi connectivity index (χ3n) is 3.62. The Bertz CT molecular complexity index is 839. The van der Waals surface area contributed by atoms with Gasteiger partial charge in [0.05, 0.1) is 4.20 Å². The Balaban J connectivity index is 2.07. The fraction of sp³-hybridized carbons (Fsp3) is 0.125. The Kier molecular flexibility index (Phi) is 4.65. The molecule has 0 saturated carbocycles. The lowest BCUT2D eigenvalue weighted by atomic mass is 9.84. The SMILES string of the molecule is Nc1cccc(C2(c3ccc(OC(F)(F)F)cc3)NC(=S)SC2=S)c1. The summed E-state index contributed by atoms with van der Waals surface area (Å²) in [5.74, 6) is -0.307. The van der Waals surface area contributed by atoms with Crippen LogP contribution in [-0.4, -0.2) is 14.9 Å². The van der Waals surface area contributed by atoms with E-state index in [4.69, 9.17) is 30.2 Å². The van der Waals surface area contributed by atoms with Crippen molar-refractivity contribution in [1.29, 1.82) is 0 Å². The molecule has 0 aromatic heterocycles. The summed E-state index contributed by atoms with van der Waals surface area (Å²) in [6, 6.07) is 12.7. The van der Waals surface area contributed by atoms with Crippen LogP contribution in [0.5, 0.6) is 5.75 Å². The minimum Gasteiger partial charge on any atom is -0.406 e. The van der Waals surface area contributed by atoms with Gasteiger partial charge in [0.1, 0.15) is 15.6 Å². The van der Waals surface area contributed by atoms with Gasteiger partial charge in [-0.3, -0.25) is 0 Å². The summed E-state index contributed by atoms with van der Waals surface area (Å²) in [5.41, 5.74) is 6.88. The predicted octanol–water partition coefficient (Wildman–Crippen LogP) is 4.36. The van der Waals surface area contributed by atoms with Gasteiger partial charge >= 0.3 is 6.36 Å². The number of nitrogen functional groups attached to an aromatic ring is 1. The number of halogens is 3. The van der Waals surface area contributed by atoms with Gasteiger partial charge in [-0.05, 0) is 35.4 Å². The summed E-state index contributed by atoms with van der Waals surface area (Å²) in [6.07, 6.45) is -4.74. The van der Waals surface area contributed by atoms with Gasteiger partial charge in [0.2, 0.25) is 0 Å². The lowest BCUT2D eigenvalue weighted by molar-refractivity contribution is -0.274. The lowest BCUT2D eigenvalue weighted by Crippen LogP contribution is -2.43. The molecule has 0 spiro atoms. The molecule has 130 valence electrons. The van der Waals surface area contributed by atoms with Crippen LogP contribution in [0.1, 0.15) is 11.1 Å². The van der Waals surface area contributed by atoms with Gasteiger partial charge < -0.3 is 15.8 Å². The van der Waals surface area contributed by atoms with Gasteiger partial charge in [-0.1, -0.05) is 60.5 Å². The topological polar surface area (TPSA) is 47.3 Å². The van der Waals surface area contributed by atoms with E-state index in [0.717, 1.165) is 5.56 Å². The first-order valence-electron chi connectivity index (χ1n) is 6.97. The predicted molar refractivity (Wildman–Crippen MR) is 101 cm³/mol. The molecule has 9 heteroatoms. The second kappa shape index (κ2) is 6.47. The van der Waals surface area contributed by atoms with E-state index in [-0.39, 0.29) is 5.75 Å². The Morgan fingerprint density at radius 2 is 1.72 bits per heavy atom. The third kappa shape index (κ3) is 3.58. The molecule has 1 atom stereocenters. The van der Waals surface area contributed by atoms with Crippen molar-refractivity contribution in [2.24, 2.45) is 0 Å². The summed E-state index contributed by atoms with van der Waals surface area (Å²) in [5, 5.41) is 3.18. The summed E-state index contributed by atoms with van der Waals surface area (Å²) >= 11 is 12.0.